The maximum Gasteiger partial charge on any atom is 0.236 e. The first-order valence-corrected chi connectivity index (χ1v) is 9.18. The molecule has 1 aromatic carbocycles. The largest absolute Gasteiger partial charge is 0.497 e. The molecule has 0 saturated carbocycles. The highest BCUT2D eigenvalue weighted by atomic mass is 16.5. The molecule has 1 aromatic heterocycles. The number of methoxy groups -OCH3 is 1. The topological polar surface area (TPSA) is 54.9 Å². The van der Waals surface area contributed by atoms with Crippen molar-refractivity contribution in [3.05, 3.63) is 59.4 Å². The third-order valence-corrected chi connectivity index (χ3v) is 4.55. The average Bonchev–Trinajstić information content (AvgIpc) is 2.68. The van der Waals surface area contributed by atoms with Crippen molar-refractivity contribution >= 4 is 5.91 Å². The Bertz CT molecular complexity index is 779. The van der Waals surface area contributed by atoms with E-state index < -0.39 is 0 Å². The molecule has 1 atom stereocenters. The molecule has 0 bridgehead atoms. The van der Waals surface area contributed by atoms with E-state index in [4.69, 9.17) is 14.5 Å². The smallest absolute Gasteiger partial charge is 0.236 e. The molecule has 0 radical (unpaired) electrons. The second-order valence-corrected chi connectivity index (χ2v) is 7.02. The fraction of sp³-hybridized carbons (Fsp3) is 0.429. The number of likely N-dealkylation sites (N-methyl/N-ethyl adjacent to an activating group) is 1. The van der Waals surface area contributed by atoms with Crippen LogP contribution in [-0.4, -0.2) is 68.1 Å². The lowest BCUT2D eigenvalue weighted by Gasteiger charge is -2.33. The molecule has 6 nitrogen and oxygen atoms in total. The van der Waals surface area contributed by atoms with E-state index in [2.05, 4.69) is 6.07 Å². The first-order valence-electron chi connectivity index (χ1n) is 9.18. The van der Waals surface area contributed by atoms with Gasteiger partial charge in [-0.25, -0.2) is 0 Å². The maximum absolute atomic E-state index is 12.4. The van der Waals surface area contributed by atoms with Gasteiger partial charge in [-0.15, -0.1) is 0 Å². The van der Waals surface area contributed by atoms with Crippen molar-refractivity contribution in [3.63, 3.8) is 0 Å². The molecular weight excluding hydrogens is 342 g/mol. The van der Waals surface area contributed by atoms with Crippen LogP contribution in [0.5, 0.6) is 5.75 Å². The second-order valence-electron chi connectivity index (χ2n) is 7.02. The molecule has 0 unspecified atom stereocenters. The summed E-state index contributed by atoms with van der Waals surface area (Å²) >= 11 is 0. The number of nitrogens with zero attached hydrogens (tertiary/aromatic N) is 3. The minimum absolute atomic E-state index is 0.126. The van der Waals surface area contributed by atoms with Crippen molar-refractivity contribution in [2.75, 3.05) is 47.4 Å². The number of hydrogen-bond acceptors (Lipinski definition) is 5. The van der Waals surface area contributed by atoms with Gasteiger partial charge < -0.3 is 19.3 Å². The van der Waals surface area contributed by atoms with Crippen molar-refractivity contribution in [2.24, 2.45) is 0 Å². The lowest BCUT2D eigenvalue weighted by Crippen LogP contribution is -2.45. The van der Waals surface area contributed by atoms with E-state index in [-0.39, 0.29) is 12.0 Å². The second kappa shape index (κ2) is 8.97. The van der Waals surface area contributed by atoms with E-state index in [1.54, 1.807) is 7.11 Å². The van der Waals surface area contributed by atoms with Crippen LogP contribution in [0.2, 0.25) is 0 Å². The van der Waals surface area contributed by atoms with E-state index in [1.165, 1.54) is 0 Å². The summed E-state index contributed by atoms with van der Waals surface area (Å²) in [4.78, 5) is 20.9. The van der Waals surface area contributed by atoms with Crippen LogP contribution in [0.3, 0.4) is 0 Å². The zero-order valence-corrected chi connectivity index (χ0v) is 16.2. The summed E-state index contributed by atoms with van der Waals surface area (Å²) in [5, 5.41) is 0. The zero-order chi connectivity index (χ0) is 19.2. The summed E-state index contributed by atoms with van der Waals surface area (Å²) in [5.41, 5.74) is 2.99. The summed E-state index contributed by atoms with van der Waals surface area (Å²) in [6.45, 7) is 2.12. The summed E-state index contributed by atoms with van der Waals surface area (Å²) in [7, 11) is 5.47. The predicted octanol–water partition coefficient (Wildman–Crippen LogP) is 2.14. The van der Waals surface area contributed by atoms with Gasteiger partial charge in [0, 0.05) is 18.7 Å². The Hall–Kier alpha value is -2.44. The number of hydrogen-bond donors (Lipinski definition) is 0. The van der Waals surface area contributed by atoms with Gasteiger partial charge in [-0.2, -0.15) is 0 Å². The molecule has 1 amide bonds. The van der Waals surface area contributed by atoms with Crippen molar-refractivity contribution in [1.82, 2.24) is 14.8 Å². The maximum atomic E-state index is 12.4. The van der Waals surface area contributed by atoms with Gasteiger partial charge in [-0.3, -0.25) is 9.78 Å². The molecule has 1 fully saturated rings. The van der Waals surface area contributed by atoms with Gasteiger partial charge >= 0.3 is 0 Å². The Balaban J connectivity index is 1.70. The number of pyridine rings is 1. The van der Waals surface area contributed by atoms with Crippen LogP contribution in [0.15, 0.2) is 42.5 Å². The minimum atomic E-state index is -0.185. The van der Waals surface area contributed by atoms with Crippen LogP contribution in [0, 0.1) is 0 Å². The van der Waals surface area contributed by atoms with Crippen molar-refractivity contribution in [1.29, 1.82) is 0 Å². The van der Waals surface area contributed by atoms with Crippen LogP contribution >= 0.6 is 0 Å². The number of aromatic nitrogens is 1. The summed E-state index contributed by atoms with van der Waals surface area (Å²) in [6, 6.07) is 14.0. The third kappa shape index (κ3) is 5.28. The molecule has 1 aliphatic heterocycles. The monoisotopic (exact) mass is 369 g/mol. The van der Waals surface area contributed by atoms with Gasteiger partial charge in [-0.1, -0.05) is 18.2 Å². The quantitative estimate of drug-likeness (QED) is 0.781. The number of morpholine rings is 1. The Labute approximate surface area is 160 Å². The molecule has 1 aliphatic rings. The molecule has 0 N–H and O–H groups in total. The molecular formula is C21H27N3O3. The van der Waals surface area contributed by atoms with Crippen LogP contribution in [-0.2, 0) is 16.0 Å². The standard InChI is InChI=1S/C21H27N3O3/c1-23(2)15-21(25)24-10-11-27-20(14-24)19-9-5-7-17(22-19)12-16-6-4-8-18(13-16)26-3/h4-9,13,20H,10-12,14-15H2,1-3H3/t20-/m1/s1. The van der Waals surface area contributed by atoms with Gasteiger partial charge in [0.15, 0.2) is 0 Å². The lowest BCUT2D eigenvalue weighted by molar-refractivity contribution is -0.139. The molecule has 0 aliphatic carbocycles. The molecule has 2 aromatic rings. The van der Waals surface area contributed by atoms with Crippen LogP contribution in [0.25, 0.3) is 0 Å². The Kier molecular flexibility index (Phi) is 6.42. The highest BCUT2D eigenvalue weighted by Crippen LogP contribution is 2.22. The third-order valence-electron chi connectivity index (χ3n) is 4.55. The molecule has 3 rings (SSSR count). The number of ether oxygens (including phenoxy) is 2. The van der Waals surface area contributed by atoms with Gasteiger partial charge in [0.2, 0.25) is 5.91 Å². The van der Waals surface area contributed by atoms with Crippen LogP contribution in [0.4, 0.5) is 0 Å². The van der Waals surface area contributed by atoms with Gasteiger partial charge in [-0.05, 0) is 43.9 Å². The van der Waals surface area contributed by atoms with Crippen LogP contribution < -0.4 is 4.74 Å². The lowest BCUT2D eigenvalue weighted by atomic mass is 10.1. The van der Waals surface area contributed by atoms with Gasteiger partial charge in [0.25, 0.3) is 0 Å². The number of benzene rings is 1. The number of amides is 1. The SMILES string of the molecule is COc1cccc(Cc2cccc([C@H]3CN(C(=O)CN(C)C)CCO3)n2)c1. The molecule has 6 heteroatoms. The Morgan fingerprint density at radius 2 is 2.11 bits per heavy atom. The zero-order valence-electron chi connectivity index (χ0n) is 16.2. The number of carbonyl (C=O) groups excluding carboxylic acids is 1. The van der Waals surface area contributed by atoms with Crippen molar-refractivity contribution in [3.8, 4) is 5.75 Å². The Morgan fingerprint density at radius 3 is 2.89 bits per heavy atom. The van der Waals surface area contributed by atoms with E-state index in [1.807, 2.05) is 60.3 Å². The molecule has 27 heavy (non-hydrogen) atoms. The summed E-state index contributed by atoms with van der Waals surface area (Å²) < 4.78 is 11.2. The molecule has 0 spiro atoms. The first kappa shape index (κ1) is 19.3. The van der Waals surface area contributed by atoms with E-state index in [9.17, 15) is 4.79 Å². The number of rotatable bonds is 6. The summed E-state index contributed by atoms with van der Waals surface area (Å²) in [6.07, 6.45) is 0.538. The van der Waals surface area contributed by atoms with E-state index in [0.717, 1.165) is 29.1 Å². The van der Waals surface area contributed by atoms with Crippen molar-refractivity contribution in [2.45, 2.75) is 12.5 Å². The molecule has 2 heterocycles. The van der Waals surface area contributed by atoms with Gasteiger partial charge in [0.1, 0.15) is 11.9 Å². The molecule has 144 valence electrons. The van der Waals surface area contributed by atoms with Crippen LogP contribution in [0.1, 0.15) is 23.1 Å². The number of carbonyl (C=O) groups is 1. The highest BCUT2D eigenvalue weighted by molar-refractivity contribution is 5.78. The Morgan fingerprint density at radius 1 is 1.30 bits per heavy atom. The normalized spacial score (nSPS) is 17.2. The van der Waals surface area contributed by atoms with E-state index in [0.29, 0.717) is 26.2 Å². The summed E-state index contributed by atoms with van der Waals surface area (Å²) in [5.74, 6) is 0.968. The van der Waals surface area contributed by atoms with Crippen molar-refractivity contribution < 1.29 is 14.3 Å². The fourth-order valence-electron chi connectivity index (χ4n) is 3.19. The van der Waals surface area contributed by atoms with Gasteiger partial charge in [0.05, 0.1) is 32.5 Å². The predicted molar refractivity (Wildman–Crippen MR) is 104 cm³/mol. The highest BCUT2D eigenvalue weighted by Gasteiger charge is 2.26. The average molecular weight is 369 g/mol. The molecule has 1 saturated heterocycles. The minimum Gasteiger partial charge on any atom is -0.497 e. The fourth-order valence-corrected chi connectivity index (χ4v) is 3.19. The van der Waals surface area contributed by atoms with E-state index >= 15 is 0 Å². The first-order chi connectivity index (χ1) is 13.0.